The van der Waals surface area contributed by atoms with E-state index in [2.05, 4.69) is 16.8 Å². The van der Waals surface area contributed by atoms with Gasteiger partial charge in [0.2, 0.25) is 0 Å². The number of rotatable bonds is 6. The number of hydrogen-bond donors (Lipinski definition) is 0. The van der Waals surface area contributed by atoms with Crippen molar-refractivity contribution < 1.29 is 13.9 Å². The first-order chi connectivity index (χ1) is 12.3. The monoisotopic (exact) mass is 348 g/mol. The molecule has 0 aliphatic carbocycles. The van der Waals surface area contributed by atoms with Gasteiger partial charge in [-0.2, -0.15) is 0 Å². The zero-order valence-corrected chi connectivity index (χ0v) is 15.4. The summed E-state index contributed by atoms with van der Waals surface area (Å²) in [6, 6.07) is 4.00. The summed E-state index contributed by atoms with van der Waals surface area (Å²) < 4.78 is 17.2. The summed E-state index contributed by atoms with van der Waals surface area (Å²) in [6.07, 6.45) is 5.89. The standard InChI is InChI=1S/C20H32N2O3/c1-21(13-18-3-2-8-24-18)14-20-19-4-7-22(12-17(19)15-25-20)11-16-5-9-23-10-6-16/h2-3,8,16-17,19-20H,4-7,9-15H2,1H3/t17-,19-,20+/m1/s1. The minimum absolute atomic E-state index is 0.384. The van der Waals surface area contributed by atoms with Gasteiger partial charge in [0, 0.05) is 38.8 Å². The lowest BCUT2D eigenvalue weighted by Gasteiger charge is -2.38. The normalized spacial score (nSPS) is 31.5. The quantitative estimate of drug-likeness (QED) is 0.790. The van der Waals surface area contributed by atoms with E-state index in [0.717, 1.165) is 56.4 Å². The minimum atomic E-state index is 0.384. The van der Waals surface area contributed by atoms with E-state index >= 15 is 0 Å². The van der Waals surface area contributed by atoms with Crippen LogP contribution >= 0.6 is 0 Å². The third-order valence-corrected chi connectivity index (χ3v) is 6.23. The highest BCUT2D eigenvalue weighted by Crippen LogP contribution is 2.35. The van der Waals surface area contributed by atoms with Gasteiger partial charge in [-0.25, -0.2) is 0 Å². The Kier molecular flexibility index (Phi) is 5.76. The Morgan fingerprint density at radius 2 is 2.12 bits per heavy atom. The molecule has 140 valence electrons. The van der Waals surface area contributed by atoms with E-state index in [0.29, 0.717) is 6.10 Å². The molecule has 0 amide bonds. The maximum absolute atomic E-state index is 6.21. The molecule has 0 bridgehead atoms. The molecule has 3 aliphatic rings. The molecule has 1 aromatic heterocycles. The van der Waals surface area contributed by atoms with Gasteiger partial charge in [-0.05, 0) is 56.8 Å². The van der Waals surface area contributed by atoms with Gasteiger partial charge in [-0.3, -0.25) is 4.90 Å². The fourth-order valence-electron chi connectivity index (χ4n) is 4.85. The summed E-state index contributed by atoms with van der Waals surface area (Å²) in [4.78, 5) is 5.02. The molecule has 25 heavy (non-hydrogen) atoms. The molecule has 0 spiro atoms. The highest BCUT2D eigenvalue weighted by molar-refractivity contribution is 4.98. The molecule has 5 heteroatoms. The summed E-state index contributed by atoms with van der Waals surface area (Å²) in [5.41, 5.74) is 0. The molecule has 0 radical (unpaired) electrons. The van der Waals surface area contributed by atoms with Crippen molar-refractivity contribution in [3.8, 4) is 0 Å². The maximum Gasteiger partial charge on any atom is 0.117 e. The molecule has 5 nitrogen and oxygen atoms in total. The summed E-state index contributed by atoms with van der Waals surface area (Å²) in [7, 11) is 2.17. The van der Waals surface area contributed by atoms with E-state index < -0.39 is 0 Å². The number of fused-ring (bicyclic) bond motifs is 1. The second-order valence-electron chi connectivity index (χ2n) is 8.18. The van der Waals surface area contributed by atoms with Gasteiger partial charge >= 0.3 is 0 Å². The molecule has 0 unspecified atom stereocenters. The largest absolute Gasteiger partial charge is 0.468 e. The van der Waals surface area contributed by atoms with Gasteiger partial charge in [0.1, 0.15) is 5.76 Å². The number of likely N-dealkylation sites (N-methyl/N-ethyl adjacent to an activating group) is 1. The van der Waals surface area contributed by atoms with Crippen LogP contribution in [0.2, 0.25) is 0 Å². The number of piperidine rings is 1. The predicted molar refractivity (Wildman–Crippen MR) is 96.4 cm³/mol. The molecule has 1 aromatic rings. The molecule has 3 fully saturated rings. The Morgan fingerprint density at radius 3 is 2.92 bits per heavy atom. The minimum Gasteiger partial charge on any atom is -0.468 e. The number of nitrogens with zero attached hydrogens (tertiary/aromatic N) is 2. The van der Waals surface area contributed by atoms with Crippen LogP contribution < -0.4 is 0 Å². The summed E-state index contributed by atoms with van der Waals surface area (Å²) in [6.45, 7) is 8.43. The highest BCUT2D eigenvalue weighted by Gasteiger charge is 2.41. The van der Waals surface area contributed by atoms with Crippen LogP contribution in [0, 0.1) is 17.8 Å². The zero-order chi connectivity index (χ0) is 17.1. The Bertz CT molecular complexity index is 515. The van der Waals surface area contributed by atoms with Crippen molar-refractivity contribution in [2.75, 3.05) is 53.0 Å². The Balaban J connectivity index is 1.24. The first-order valence-corrected chi connectivity index (χ1v) is 9.90. The van der Waals surface area contributed by atoms with Crippen LogP contribution in [0.3, 0.4) is 0 Å². The number of furan rings is 1. The molecule has 3 atom stereocenters. The van der Waals surface area contributed by atoms with Gasteiger partial charge < -0.3 is 18.8 Å². The van der Waals surface area contributed by atoms with Gasteiger partial charge in [-0.15, -0.1) is 0 Å². The average molecular weight is 348 g/mol. The van der Waals surface area contributed by atoms with Gasteiger partial charge in [-0.1, -0.05) is 0 Å². The van der Waals surface area contributed by atoms with Crippen LogP contribution in [0.5, 0.6) is 0 Å². The van der Waals surface area contributed by atoms with Crippen LogP contribution in [-0.4, -0.2) is 69.0 Å². The molecule has 4 heterocycles. The van der Waals surface area contributed by atoms with Crippen LogP contribution in [-0.2, 0) is 16.0 Å². The van der Waals surface area contributed by atoms with Crippen LogP contribution in [0.4, 0.5) is 0 Å². The second kappa shape index (κ2) is 8.21. The van der Waals surface area contributed by atoms with Crippen LogP contribution in [0.15, 0.2) is 22.8 Å². The zero-order valence-electron chi connectivity index (χ0n) is 15.4. The smallest absolute Gasteiger partial charge is 0.117 e. The lowest BCUT2D eigenvalue weighted by molar-refractivity contribution is 0.0369. The lowest BCUT2D eigenvalue weighted by atomic mass is 9.83. The summed E-state index contributed by atoms with van der Waals surface area (Å²) in [5, 5.41) is 0. The van der Waals surface area contributed by atoms with Gasteiger partial charge in [0.05, 0.1) is 25.5 Å². The maximum atomic E-state index is 6.21. The third-order valence-electron chi connectivity index (χ3n) is 6.23. The van der Waals surface area contributed by atoms with E-state index in [-0.39, 0.29) is 0 Å². The fraction of sp³-hybridized carbons (Fsp3) is 0.800. The van der Waals surface area contributed by atoms with E-state index in [1.165, 1.54) is 38.9 Å². The van der Waals surface area contributed by atoms with Crippen molar-refractivity contribution >= 4 is 0 Å². The number of ether oxygens (including phenoxy) is 2. The van der Waals surface area contributed by atoms with E-state index in [4.69, 9.17) is 13.9 Å². The van der Waals surface area contributed by atoms with Gasteiger partial charge in [0.15, 0.2) is 0 Å². The molecule has 0 aromatic carbocycles. The molecular weight excluding hydrogens is 316 g/mol. The highest BCUT2D eigenvalue weighted by atomic mass is 16.5. The van der Waals surface area contributed by atoms with Crippen molar-refractivity contribution in [3.05, 3.63) is 24.2 Å². The lowest BCUT2D eigenvalue weighted by Crippen LogP contribution is -2.45. The number of hydrogen-bond acceptors (Lipinski definition) is 5. The van der Waals surface area contributed by atoms with Crippen molar-refractivity contribution in [3.63, 3.8) is 0 Å². The summed E-state index contributed by atoms with van der Waals surface area (Å²) >= 11 is 0. The van der Waals surface area contributed by atoms with E-state index in [9.17, 15) is 0 Å². The third kappa shape index (κ3) is 4.45. The first-order valence-electron chi connectivity index (χ1n) is 9.90. The predicted octanol–water partition coefficient (Wildman–Crippen LogP) is 2.47. The molecule has 3 saturated heterocycles. The van der Waals surface area contributed by atoms with Crippen LogP contribution in [0.1, 0.15) is 25.0 Å². The second-order valence-corrected chi connectivity index (χ2v) is 8.18. The molecular formula is C20H32N2O3. The van der Waals surface area contributed by atoms with Crippen molar-refractivity contribution in [1.82, 2.24) is 9.80 Å². The fourth-order valence-corrected chi connectivity index (χ4v) is 4.85. The molecule has 0 N–H and O–H groups in total. The van der Waals surface area contributed by atoms with Crippen LogP contribution in [0.25, 0.3) is 0 Å². The first kappa shape index (κ1) is 17.5. The SMILES string of the molecule is CN(Cc1ccco1)C[C@@H]1OC[C@H]2CN(CC3CCOCC3)CC[C@H]21. The Labute approximate surface area is 151 Å². The molecule has 0 saturated carbocycles. The van der Waals surface area contributed by atoms with E-state index in [1.54, 1.807) is 6.26 Å². The van der Waals surface area contributed by atoms with E-state index in [1.807, 2.05) is 12.1 Å². The molecule has 3 aliphatic heterocycles. The molecule has 4 rings (SSSR count). The number of likely N-dealkylation sites (tertiary alicyclic amines) is 1. The topological polar surface area (TPSA) is 38.1 Å². The van der Waals surface area contributed by atoms with Gasteiger partial charge in [0.25, 0.3) is 0 Å². The Hall–Kier alpha value is -0.880. The summed E-state index contributed by atoms with van der Waals surface area (Å²) in [5.74, 6) is 3.31. The average Bonchev–Trinajstić information content (AvgIpc) is 3.26. The van der Waals surface area contributed by atoms with Crippen molar-refractivity contribution in [1.29, 1.82) is 0 Å². The van der Waals surface area contributed by atoms with Crippen molar-refractivity contribution in [2.45, 2.75) is 31.9 Å². The van der Waals surface area contributed by atoms with Crippen molar-refractivity contribution in [2.24, 2.45) is 17.8 Å². The Morgan fingerprint density at radius 1 is 1.24 bits per heavy atom.